The van der Waals surface area contributed by atoms with E-state index in [0.717, 1.165) is 16.9 Å². The zero-order chi connectivity index (χ0) is 19.4. The van der Waals surface area contributed by atoms with Crippen molar-refractivity contribution in [3.8, 4) is 16.3 Å². The molecule has 3 rings (SSSR count). The van der Waals surface area contributed by atoms with Gasteiger partial charge in [-0.05, 0) is 42.5 Å². The Morgan fingerprint density at radius 2 is 1.81 bits per heavy atom. The Balaban J connectivity index is 1.82. The molecule has 27 heavy (non-hydrogen) atoms. The fourth-order valence-corrected chi connectivity index (χ4v) is 4.22. The summed E-state index contributed by atoms with van der Waals surface area (Å²) in [6.45, 7) is 0. The summed E-state index contributed by atoms with van der Waals surface area (Å²) in [7, 11) is -1.13. The summed E-state index contributed by atoms with van der Waals surface area (Å²) in [5.41, 5.74) is 0.919. The fraction of sp³-hybridized carbons (Fsp3) is 0.118. The molecule has 0 spiro atoms. The first kappa shape index (κ1) is 18.8. The van der Waals surface area contributed by atoms with Crippen LogP contribution in [0.25, 0.3) is 10.6 Å². The van der Waals surface area contributed by atoms with E-state index in [-0.39, 0.29) is 15.6 Å². The van der Waals surface area contributed by atoms with Gasteiger partial charge in [-0.25, -0.2) is 13.2 Å². The minimum atomic E-state index is -3.93. The smallest absolute Gasteiger partial charge is 0.337 e. The van der Waals surface area contributed by atoms with E-state index in [0.29, 0.717) is 10.8 Å². The zero-order valence-corrected chi connectivity index (χ0v) is 16.0. The fourth-order valence-electron chi connectivity index (χ4n) is 2.20. The number of esters is 1. The molecule has 1 aromatic heterocycles. The van der Waals surface area contributed by atoms with Crippen LogP contribution in [0.3, 0.4) is 0 Å². The molecule has 0 aliphatic carbocycles. The van der Waals surface area contributed by atoms with E-state index in [2.05, 4.69) is 19.7 Å². The van der Waals surface area contributed by atoms with Gasteiger partial charge in [-0.2, -0.15) is 0 Å². The summed E-state index contributed by atoms with van der Waals surface area (Å²) < 4.78 is 37.2. The first-order valence-electron chi connectivity index (χ1n) is 7.62. The minimum absolute atomic E-state index is 0.0772. The normalized spacial score (nSPS) is 11.0. The molecule has 0 aliphatic rings. The lowest BCUT2D eigenvalue weighted by Crippen LogP contribution is -2.13. The molecular formula is C17H15N3O5S2. The topological polar surface area (TPSA) is 107 Å². The summed E-state index contributed by atoms with van der Waals surface area (Å²) in [6, 6.07) is 12.7. The number of anilines is 1. The number of hydrogen-bond acceptors (Lipinski definition) is 8. The van der Waals surface area contributed by atoms with Crippen molar-refractivity contribution >= 4 is 32.5 Å². The Morgan fingerprint density at radius 3 is 2.48 bits per heavy atom. The highest BCUT2D eigenvalue weighted by atomic mass is 32.2. The second-order valence-corrected chi connectivity index (χ2v) is 7.93. The molecule has 2 aromatic carbocycles. The molecule has 0 radical (unpaired) electrons. The van der Waals surface area contributed by atoms with Crippen LogP contribution >= 0.6 is 11.3 Å². The number of methoxy groups -OCH3 is 2. The molecule has 0 unspecified atom stereocenters. The molecule has 0 saturated carbocycles. The molecule has 1 heterocycles. The van der Waals surface area contributed by atoms with Crippen LogP contribution in [0.2, 0.25) is 0 Å². The van der Waals surface area contributed by atoms with Crippen LogP contribution in [0.4, 0.5) is 5.13 Å². The van der Waals surface area contributed by atoms with E-state index in [1.807, 2.05) is 0 Å². The highest BCUT2D eigenvalue weighted by Gasteiger charge is 2.19. The SMILES string of the molecule is COC(=O)c1cccc(S(=O)(=O)Nc2nnc(-c3ccc(OC)cc3)s2)c1. The molecule has 0 aliphatic heterocycles. The molecule has 8 nitrogen and oxygen atoms in total. The summed E-state index contributed by atoms with van der Waals surface area (Å²) in [6.07, 6.45) is 0. The van der Waals surface area contributed by atoms with Gasteiger partial charge in [-0.15, -0.1) is 10.2 Å². The molecule has 1 N–H and O–H groups in total. The van der Waals surface area contributed by atoms with Crippen LogP contribution in [0.15, 0.2) is 53.4 Å². The van der Waals surface area contributed by atoms with Crippen LogP contribution in [0, 0.1) is 0 Å². The van der Waals surface area contributed by atoms with Gasteiger partial charge < -0.3 is 9.47 Å². The summed E-state index contributed by atoms with van der Waals surface area (Å²) in [5.74, 6) is 0.0828. The number of nitrogens with one attached hydrogen (secondary N) is 1. The number of hydrogen-bond donors (Lipinski definition) is 1. The first-order valence-corrected chi connectivity index (χ1v) is 9.92. The lowest BCUT2D eigenvalue weighted by atomic mass is 10.2. The van der Waals surface area contributed by atoms with Crippen molar-refractivity contribution in [1.29, 1.82) is 0 Å². The molecule has 0 saturated heterocycles. The van der Waals surface area contributed by atoms with Gasteiger partial charge in [-0.1, -0.05) is 17.4 Å². The largest absolute Gasteiger partial charge is 0.497 e. The number of sulfonamides is 1. The number of nitrogens with zero attached hydrogens (tertiary/aromatic N) is 2. The Bertz CT molecular complexity index is 1060. The number of ether oxygens (including phenoxy) is 2. The van der Waals surface area contributed by atoms with E-state index >= 15 is 0 Å². The number of carbonyl (C=O) groups is 1. The lowest BCUT2D eigenvalue weighted by Gasteiger charge is -2.06. The molecule has 0 bridgehead atoms. The second-order valence-electron chi connectivity index (χ2n) is 5.27. The van der Waals surface area contributed by atoms with Gasteiger partial charge in [0, 0.05) is 5.56 Å². The first-order chi connectivity index (χ1) is 12.9. The Labute approximate surface area is 159 Å². The van der Waals surface area contributed by atoms with Crippen molar-refractivity contribution in [3.05, 3.63) is 54.1 Å². The van der Waals surface area contributed by atoms with Crippen LogP contribution in [0.1, 0.15) is 10.4 Å². The van der Waals surface area contributed by atoms with E-state index in [9.17, 15) is 13.2 Å². The third kappa shape index (κ3) is 4.23. The van der Waals surface area contributed by atoms with E-state index in [4.69, 9.17) is 4.74 Å². The van der Waals surface area contributed by atoms with Crippen molar-refractivity contribution in [2.75, 3.05) is 18.9 Å². The van der Waals surface area contributed by atoms with Crippen LogP contribution in [-0.2, 0) is 14.8 Å². The maximum Gasteiger partial charge on any atom is 0.337 e. The number of carbonyl (C=O) groups excluding carboxylic acids is 1. The van der Waals surface area contributed by atoms with Crippen LogP contribution in [0.5, 0.6) is 5.75 Å². The molecule has 0 amide bonds. The monoisotopic (exact) mass is 405 g/mol. The second kappa shape index (κ2) is 7.72. The quantitative estimate of drug-likeness (QED) is 0.628. The van der Waals surface area contributed by atoms with Gasteiger partial charge >= 0.3 is 5.97 Å². The lowest BCUT2D eigenvalue weighted by molar-refractivity contribution is 0.0600. The molecule has 140 valence electrons. The van der Waals surface area contributed by atoms with E-state index < -0.39 is 16.0 Å². The van der Waals surface area contributed by atoms with Crippen molar-refractivity contribution in [1.82, 2.24) is 10.2 Å². The minimum Gasteiger partial charge on any atom is -0.497 e. The number of rotatable bonds is 6. The highest BCUT2D eigenvalue weighted by molar-refractivity contribution is 7.93. The van der Waals surface area contributed by atoms with Gasteiger partial charge in [0.25, 0.3) is 10.0 Å². The van der Waals surface area contributed by atoms with Gasteiger partial charge in [0.1, 0.15) is 10.8 Å². The summed E-state index contributed by atoms with van der Waals surface area (Å²) >= 11 is 1.09. The van der Waals surface area contributed by atoms with Crippen molar-refractivity contribution in [2.45, 2.75) is 4.90 Å². The number of benzene rings is 2. The molecule has 10 heteroatoms. The van der Waals surface area contributed by atoms with Crippen LogP contribution in [-0.4, -0.2) is 38.8 Å². The maximum absolute atomic E-state index is 12.6. The average Bonchev–Trinajstić information content (AvgIpc) is 3.15. The van der Waals surface area contributed by atoms with E-state index in [1.54, 1.807) is 31.4 Å². The molecular weight excluding hydrogens is 390 g/mol. The van der Waals surface area contributed by atoms with Gasteiger partial charge in [0.2, 0.25) is 5.13 Å². The van der Waals surface area contributed by atoms with Gasteiger partial charge in [0.15, 0.2) is 0 Å². The molecule has 0 fully saturated rings. The Hall–Kier alpha value is -2.98. The van der Waals surface area contributed by atoms with Crippen LogP contribution < -0.4 is 9.46 Å². The predicted octanol–water partition coefficient (Wildman–Crippen LogP) is 2.80. The molecule has 3 aromatic rings. The predicted molar refractivity (Wildman–Crippen MR) is 100 cm³/mol. The zero-order valence-electron chi connectivity index (χ0n) is 14.4. The third-order valence-corrected chi connectivity index (χ3v) is 5.90. The van der Waals surface area contributed by atoms with Gasteiger partial charge in [0.05, 0.1) is 24.7 Å². The number of aromatic nitrogens is 2. The average molecular weight is 405 g/mol. The van der Waals surface area contributed by atoms with E-state index in [1.165, 1.54) is 31.4 Å². The highest BCUT2D eigenvalue weighted by Crippen LogP contribution is 2.29. The van der Waals surface area contributed by atoms with Gasteiger partial charge in [-0.3, -0.25) is 4.72 Å². The standard InChI is InChI=1S/C17H15N3O5S2/c1-24-13-8-6-11(7-9-13)15-18-19-17(26-15)20-27(22,23)14-5-3-4-12(10-14)16(21)25-2/h3-10H,1-2H3,(H,19,20). The summed E-state index contributed by atoms with van der Waals surface area (Å²) in [4.78, 5) is 11.5. The molecule has 0 atom stereocenters. The third-order valence-electron chi connectivity index (χ3n) is 3.55. The Kier molecular flexibility index (Phi) is 5.38. The van der Waals surface area contributed by atoms with Crippen molar-refractivity contribution in [2.24, 2.45) is 0 Å². The van der Waals surface area contributed by atoms with Crippen molar-refractivity contribution in [3.63, 3.8) is 0 Å². The van der Waals surface area contributed by atoms with Crippen molar-refractivity contribution < 1.29 is 22.7 Å². The Morgan fingerprint density at radius 1 is 1.07 bits per heavy atom. The summed E-state index contributed by atoms with van der Waals surface area (Å²) in [5, 5.41) is 8.55. The maximum atomic E-state index is 12.6.